The molecule has 1 aromatic rings. The summed E-state index contributed by atoms with van der Waals surface area (Å²) in [7, 11) is 0. The van der Waals surface area contributed by atoms with Crippen molar-refractivity contribution in [2.24, 2.45) is 5.92 Å². The highest BCUT2D eigenvalue weighted by Gasteiger charge is 2.35. The summed E-state index contributed by atoms with van der Waals surface area (Å²) >= 11 is 1.78. The summed E-state index contributed by atoms with van der Waals surface area (Å²) in [6.45, 7) is 3.34. The van der Waals surface area contributed by atoms with E-state index in [0.717, 1.165) is 18.5 Å². The topological polar surface area (TPSA) is 12.0 Å². The summed E-state index contributed by atoms with van der Waals surface area (Å²) in [6, 6.07) is 3.02. The van der Waals surface area contributed by atoms with E-state index in [1.165, 1.54) is 24.8 Å². The first-order chi connectivity index (χ1) is 6.40. The first-order valence-electron chi connectivity index (χ1n) is 5.14. The minimum atomic E-state index is 0. The van der Waals surface area contributed by atoms with Crippen molar-refractivity contribution in [2.45, 2.75) is 38.8 Å². The molecule has 1 aliphatic carbocycles. The molecule has 2 unspecified atom stereocenters. The van der Waals surface area contributed by atoms with Crippen molar-refractivity contribution >= 4 is 23.7 Å². The standard InChI is InChI=1S/C11H17NS.ClH/c1-2-3-10-6-11(10)12-7-9-4-5-13-8-9;/h4-5,8,10-12H,2-3,6-7H2,1H3;1H. The SMILES string of the molecule is CCCC1CC1NCc1ccsc1.Cl. The van der Waals surface area contributed by atoms with E-state index in [2.05, 4.69) is 29.1 Å². The lowest BCUT2D eigenvalue weighted by molar-refractivity contribution is 0.600. The molecule has 0 bridgehead atoms. The molecule has 1 nitrogen and oxygen atoms in total. The number of hydrogen-bond donors (Lipinski definition) is 1. The molecule has 3 heteroatoms. The van der Waals surface area contributed by atoms with Crippen molar-refractivity contribution in [2.75, 3.05) is 0 Å². The highest BCUT2D eigenvalue weighted by molar-refractivity contribution is 7.07. The Balaban J connectivity index is 0.000000980. The van der Waals surface area contributed by atoms with Crippen LogP contribution in [0.4, 0.5) is 0 Å². The van der Waals surface area contributed by atoms with E-state index in [1.54, 1.807) is 11.3 Å². The maximum atomic E-state index is 3.60. The van der Waals surface area contributed by atoms with Crippen LogP contribution in [0.3, 0.4) is 0 Å². The average Bonchev–Trinajstić information content (AvgIpc) is 2.66. The third kappa shape index (κ3) is 3.26. The van der Waals surface area contributed by atoms with Crippen LogP contribution in [-0.4, -0.2) is 6.04 Å². The monoisotopic (exact) mass is 231 g/mol. The van der Waals surface area contributed by atoms with E-state index >= 15 is 0 Å². The van der Waals surface area contributed by atoms with Crippen LogP contribution in [0.2, 0.25) is 0 Å². The van der Waals surface area contributed by atoms with Crippen molar-refractivity contribution < 1.29 is 0 Å². The second-order valence-corrected chi connectivity index (χ2v) is 4.68. The van der Waals surface area contributed by atoms with Gasteiger partial charge in [-0.05, 0) is 41.1 Å². The largest absolute Gasteiger partial charge is 0.310 e. The maximum absolute atomic E-state index is 3.60. The second kappa shape index (κ2) is 5.74. The Kier molecular flexibility index (Phi) is 4.93. The summed E-state index contributed by atoms with van der Waals surface area (Å²) in [5, 5.41) is 7.97. The molecule has 0 aliphatic heterocycles. The van der Waals surface area contributed by atoms with Crippen LogP contribution in [0.15, 0.2) is 16.8 Å². The molecule has 0 spiro atoms. The molecule has 14 heavy (non-hydrogen) atoms. The molecule has 1 heterocycles. The van der Waals surface area contributed by atoms with E-state index < -0.39 is 0 Å². The zero-order valence-electron chi connectivity index (χ0n) is 8.53. The van der Waals surface area contributed by atoms with E-state index in [0.29, 0.717) is 0 Å². The van der Waals surface area contributed by atoms with Gasteiger partial charge in [-0.15, -0.1) is 12.4 Å². The molecule has 1 aliphatic rings. The fourth-order valence-electron chi connectivity index (χ4n) is 1.83. The number of nitrogens with one attached hydrogen (secondary N) is 1. The molecule has 0 radical (unpaired) electrons. The Morgan fingerprint density at radius 1 is 1.57 bits per heavy atom. The zero-order valence-corrected chi connectivity index (χ0v) is 10.2. The summed E-state index contributed by atoms with van der Waals surface area (Å²) in [6.07, 6.45) is 4.14. The van der Waals surface area contributed by atoms with Gasteiger partial charge in [0.15, 0.2) is 0 Å². The van der Waals surface area contributed by atoms with Crippen LogP contribution < -0.4 is 5.32 Å². The van der Waals surface area contributed by atoms with Gasteiger partial charge in [0, 0.05) is 12.6 Å². The predicted molar refractivity (Wildman–Crippen MR) is 65.2 cm³/mol. The van der Waals surface area contributed by atoms with Crippen LogP contribution in [0.25, 0.3) is 0 Å². The van der Waals surface area contributed by atoms with Crippen molar-refractivity contribution in [3.8, 4) is 0 Å². The summed E-state index contributed by atoms with van der Waals surface area (Å²) in [4.78, 5) is 0. The van der Waals surface area contributed by atoms with Crippen molar-refractivity contribution in [3.63, 3.8) is 0 Å². The van der Waals surface area contributed by atoms with Gasteiger partial charge in [0.1, 0.15) is 0 Å². The Morgan fingerprint density at radius 3 is 3.07 bits per heavy atom. The van der Waals surface area contributed by atoms with Gasteiger partial charge in [-0.1, -0.05) is 13.3 Å². The number of thiophene rings is 1. The van der Waals surface area contributed by atoms with E-state index in [9.17, 15) is 0 Å². The summed E-state index contributed by atoms with van der Waals surface area (Å²) in [5.74, 6) is 0.976. The molecule has 1 saturated carbocycles. The zero-order chi connectivity index (χ0) is 9.10. The van der Waals surface area contributed by atoms with Crippen LogP contribution in [0.1, 0.15) is 31.7 Å². The van der Waals surface area contributed by atoms with Gasteiger partial charge in [0.05, 0.1) is 0 Å². The van der Waals surface area contributed by atoms with Crippen LogP contribution in [-0.2, 0) is 6.54 Å². The van der Waals surface area contributed by atoms with Crippen LogP contribution in [0.5, 0.6) is 0 Å². The Morgan fingerprint density at radius 2 is 2.43 bits per heavy atom. The van der Waals surface area contributed by atoms with Crippen LogP contribution >= 0.6 is 23.7 Å². The van der Waals surface area contributed by atoms with Gasteiger partial charge in [-0.25, -0.2) is 0 Å². The summed E-state index contributed by atoms with van der Waals surface area (Å²) in [5.41, 5.74) is 1.44. The fraction of sp³-hybridized carbons (Fsp3) is 0.636. The average molecular weight is 232 g/mol. The fourth-order valence-corrected chi connectivity index (χ4v) is 2.50. The number of hydrogen-bond acceptors (Lipinski definition) is 2. The molecule has 1 fully saturated rings. The minimum absolute atomic E-state index is 0. The molecule has 0 saturated heterocycles. The summed E-state index contributed by atoms with van der Waals surface area (Å²) < 4.78 is 0. The Bertz CT molecular complexity index is 248. The molecular weight excluding hydrogens is 214 g/mol. The van der Waals surface area contributed by atoms with Gasteiger partial charge in [-0.3, -0.25) is 0 Å². The molecule has 0 aromatic carbocycles. The van der Waals surface area contributed by atoms with Crippen molar-refractivity contribution in [3.05, 3.63) is 22.4 Å². The van der Waals surface area contributed by atoms with Crippen molar-refractivity contribution in [1.82, 2.24) is 5.32 Å². The molecule has 0 amide bonds. The van der Waals surface area contributed by atoms with Gasteiger partial charge in [0.2, 0.25) is 0 Å². The van der Waals surface area contributed by atoms with Gasteiger partial charge in [0.25, 0.3) is 0 Å². The molecule has 1 aromatic heterocycles. The highest BCUT2D eigenvalue weighted by Crippen LogP contribution is 2.34. The third-order valence-electron chi connectivity index (χ3n) is 2.73. The van der Waals surface area contributed by atoms with Crippen LogP contribution in [0, 0.1) is 5.92 Å². The molecule has 2 atom stereocenters. The number of rotatable bonds is 5. The normalized spacial score (nSPS) is 24.4. The van der Waals surface area contributed by atoms with E-state index in [-0.39, 0.29) is 12.4 Å². The first kappa shape index (κ1) is 12.0. The minimum Gasteiger partial charge on any atom is -0.310 e. The van der Waals surface area contributed by atoms with Gasteiger partial charge < -0.3 is 5.32 Å². The lowest BCUT2D eigenvalue weighted by Gasteiger charge is -2.01. The lowest BCUT2D eigenvalue weighted by Crippen LogP contribution is -2.17. The smallest absolute Gasteiger partial charge is 0.0216 e. The van der Waals surface area contributed by atoms with Crippen molar-refractivity contribution in [1.29, 1.82) is 0 Å². The Hall–Kier alpha value is -0.0500. The predicted octanol–water partition coefficient (Wildman–Crippen LogP) is 3.45. The Labute approximate surface area is 96.3 Å². The van der Waals surface area contributed by atoms with Gasteiger partial charge in [-0.2, -0.15) is 11.3 Å². The van der Waals surface area contributed by atoms with E-state index in [4.69, 9.17) is 0 Å². The maximum Gasteiger partial charge on any atom is 0.0216 e. The molecule has 80 valence electrons. The van der Waals surface area contributed by atoms with Gasteiger partial charge >= 0.3 is 0 Å². The number of halogens is 1. The molecular formula is C11H18ClNS. The van der Waals surface area contributed by atoms with E-state index in [1.807, 2.05) is 0 Å². The third-order valence-corrected chi connectivity index (χ3v) is 3.46. The highest BCUT2D eigenvalue weighted by atomic mass is 35.5. The second-order valence-electron chi connectivity index (χ2n) is 3.90. The quantitative estimate of drug-likeness (QED) is 0.819. The molecule has 2 rings (SSSR count). The molecule has 1 N–H and O–H groups in total. The lowest BCUT2D eigenvalue weighted by atomic mass is 10.2. The first-order valence-corrected chi connectivity index (χ1v) is 6.09.